The van der Waals surface area contributed by atoms with E-state index in [0.717, 1.165) is 4.88 Å². The highest BCUT2D eigenvalue weighted by atomic mass is 32.1. The van der Waals surface area contributed by atoms with Gasteiger partial charge in [-0.1, -0.05) is 12.1 Å². The quantitative estimate of drug-likeness (QED) is 0.617. The molecule has 1 heterocycles. The van der Waals surface area contributed by atoms with Crippen LogP contribution in [0.15, 0.2) is 30.3 Å². The average Bonchev–Trinajstić information content (AvgIpc) is 2.69. The van der Waals surface area contributed by atoms with Gasteiger partial charge in [0.05, 0.1) is 4.88 Å². The molecule has 0 fully saturated rings. The van der Waals surface area contributed by atoms with Crippen LogP contribution in [0, 0.1) is 12.7 Å². The first-order valence-electron chi connectivity index (χ1n) is 4.97. The molecule has 2 rings (SSSR count). The Morgan fingerprint density at radius 2 is 2.12 bits per heavy atom. The Balaban J connectivity index is 2.40. The molecule has 1 aromatic carbocycles. The lowest BCUT2D eigenvalue weighted by Gasteiger charge is -1.97. The van der Waals surface area contributed by atoms with Gasteiger partial charge in [0.25, 0.3) is 0 Å². The largest absolute Gasteiger partial charge is 0.298 e. The second-order valence-corrected chi connectivity index (χ2v) is 4.84. The van der Waals surface area contributed by atoms with Crippen molar-refractivity contribution in [2.24, 2.45) is 0 Å². The predicted octanol–water partition coefficient (Wildman–Crippen LogP) is 3.24. The highest BCUT2D eigenvalue weighted by molar-refractivity contribution is 7.14. The molecule has 0 saturated heterocycles. The van der Waals surface area contributed by atoms with Gasteiger partial charge in [-0.15, -0.1) is 11.3 Å². The van der Waals surface area contributed by atoms with Crippen LogP contribution in [0.2, 0.25) is 0 Å². The van der Waals surface area contributed by atoms with Gasteiger partial charge in [-0.3, -0.25) is 9.59 Å². The summed E-state index contributed by atoms with van der Waals surface area (Å²) < 4.78 is 13.0. The van der Waals surface area contributed by atoms with Gasteiger partial charge >= 0.3 is 0 Å². The van der Waals surface area contributed by atoms with Crippen LogP contribution in [-0.4, -0.2) is 12.1 Å². The maximum absolute atomic E-state index is 13.0. The summed E-state index contributed by atoms with van der Waals surface area (Å²) in [5.41, 5.74) is 0.804. The molecule has 1 aromatic heterocycles. The second kappa shape index (κ2) is 4.59. The van der Waals surface area contributed by atoms with Gasteiger partial charge in [-0.25, -0.2) is 4.39 Å². The smallest absolute Gasteiger partial charge is 0.203 e. The van der Waals surface area contributed by atoms with Crippen LogP contribution in [0.4, 0.5) is 4.39 Å². The maximum Gasteiger partial charge on any atom is 0.203 e. The van der Waals surface area contributed by atoms with Gasteiger partial charge in [0, 0.05) is 16.0 Å². The maximum atomic E-state index is 13.0. The summed E-state index contributed by atoms with van der Waals surface area (Å²) in [6, 6.07) is 7.07. The molecule has 2 aromatic rings. The van der Waals surface area contributed by atoms with Crippen LogP contribution in [0.25, 0.3) is 0 Å². The molecular weight excluding hydrogens is 239 g/mol. The molecular formula is C13H9FO2S. The Bertz CT molecular complexity index is 587. The molecule has 0 radical (unpaired) electrons. The lowest BCUT2D eigenvalue weighted by Crippen LogP contribution is -1.98. The number of aldehydes is 1. The summed E-state index contributed by atoms with van der Waals surface area (Å²) >= 11 is 1.24. The number of halogens is 1. The third kappa shape index (κ3) is 2.31. The minimum Gasteiger partial charge on any atom is -0.298 e. The second-order valence-electron chi connectivity index (χ2n) is 3.58. The summed E-state index contributed by atoms with van der Waals surface area (Å²) in [7, 11) is 0. The Labute approximate surface area is 102 Å². The Kier molecular flexibility index (Phi) is 3.15. The van der Waals surface area contributed by atoms with Gasteiger partial charge in [0.15, 0.2) is 6.29 Å². The molecule has 86 valence electrons. The number of aryl methyl sites for hydroxylation is 1. The lowest BCUT2D eigenvalue weighted by atomic mass is 10.1. The van der Waals surface area contributed by atoms with E-state index in [1.165, 1.54) is 29.5 Å². The Morgan fingerprint density at radius 3 is 2.71 bits per heavy atom. The van der Waals surface area contributed by atoms with E-state index in [0.29, 0.717) is 22.3 Å². The monoisotopic (exact) mass is 248 g/mol. The lowest BCUT2D eigenvalue weighted by molar-refractivity contribution is 0.104. The summed E-state index contributed by atoms with van der Waals surface area (Å²) in [5.74, 6) is -0.703. The van der Waals surface area contributed by atoms with Gasteiger partial charge < -0.3 is 0 Å². The zero-order valence-corrected chi connectivity index (χ0v) is 9.88. The van der Waals surface area contributed by atoms with Crippen molar-refractivity contribution in [2.45, 2.75) is 6.92 Å². The Morgan fingerprint density at radius 1 is 1.35 bits per heavy atom. The van der Waals surface area contributed by atoms with Crippen LogP contribution in [0.5, 0.6) is 0 Å². The molecule has 0 bridgehead atoms. The highest BCUT2D eigenvalue weighted by Gasteiger charge is 2.14. The van der Waals surface area contributed by atoms with E-state index >= 15 is 0 Å². The number of ketones is 1. The molecule has 2 nitrogen and oxygen atoms in total. The van der Waals surface area contributed by atoms with Crippen LogP contribution in [0.1, 0.15) is 30.5 Å². The molecule has 0 unspecified atom stereocenters. The van der Waals surface area contributed by atoms with E-state index < -0.39 is 5.82 Å². The van der Waals surface area contributed by atoms with E-state index in [2.05, 4.69) is 0 Å². The first-order valence-corrected chi connectivity index (χ1v) is 5.79. The van der Waals surface area contributed by atoms with Crippen molar-refractivity contribution >= 4 is 23.4 Å². The van der Waals surface area contributed by atoms with Crippen LogP contribution in [-0.2, 0) is 0 Å². The molecule has 0 aliphatic heterocycles. The van der Waals surface area contributed by atoms with Crippen molar-refractivity contribution in [3.63, 3.8) is 0 Å². The minimum atomic E-state index is -0.445. The predicted molar refractivity (Wildman–Crippen MR) is 64.3 cm³/mol. The van der Waals surface area contributed by atoms with Gasteiger partial charge in [-0.2, -0.15) is 0 Å². The summed E-state index contributed by atoms with van der Waals surface area (Å²) in [6.45, 7) is 1.77. The van der Waals surface area contributed by atoms with Crippen molar-refractivity contribution in [1.82, 2.24) is 0 Å². The average molecular weight is 248 g/mol. The fraction of sp³-hybridized carbons (Fsp3) is 0.0769. The van der Waals surface area contributed by atoms with Crippen LogP contribution in [0.3, 0.4) is 0 Å². The number of rotatable bonds is 3. The summed E-state index contributed by atoms with van der Waals surface area (Å²) in [5, 5.41) is 0. The topological polar surface area (TPSA) is 34.1 Å². The molecule has 0 aliphatic rings. The van der Waals surface area contributed by atoms with Crippen LogP contribution >= 0.6 is 11.3 Å². The van der Waals surface area contributed by atoms with Crippen molar-refractivity contribution in [2.75, 3.05) is 0 Å². The molecule has 17 heavy (non-hydrogen) atoms. The Hall–Kier alpha value is -1.81. The third-order valence-electron chi connectivity index (χ3n) is 2.39. The summed E-state index contributed by atoms with van der Waals surface area (Å²) in [4.78, 5) is 23.9. The van der Waals surface area contributed by atoms with Gasteiger partial charge in [0.2, 0.25) is 5.78 Å². The normalized spacial score (nSPS) is 10.2. The van der Waals surface area contributed by atoms with Crippen molar-refractivity contribution in [1.29, 1.82) is 0 Å². The molecule has 0 aliphatic carbocycles. The van der Waals surface area contributed by atoms with Crippen molar-refractivity contribution in [3.8, 4) is 0 Å². The van der Waals surface area contributed by atoms with E-state index in [1.54, 1.807) is 19.1 Å². The number of carbonyl (C=O) groups excluding carboxylic acids is 2. The standard InChI is InChI=1S/C13H9FO2S/c1-8-10(7-15)6-12(17-8)13(16)9-3-2-4-11(14)5-9/h2-7H,1H3. The summed E-state index contributed by atoms with van der Waals surface area (Å²) in [6.07, 6.45) is 0.716. The molecule has 0 saturated carbocycles. The molecule has 0 amide bonds. The highest BCUT2D eigenvalue weighted by Crippen LogP contribution is 2.23. The fourth-order valence-corrected chi connectivity index (χ4v) is 2.45. The van der Waals surface area contributed by atoms with Gasteiger partial charge in [0.1, 0.15) is 5.82 Å². The van der Waals surface area contributed by atoms with E-state index in [4.69, 9.17) is 0 Å². The van der Waals surface area contributed by atoms with Crippen molar-refractivity contribution in [3.05, 3.63) is 57.0 Å². The first kappa shape index (κ1) is 11.7. The molecule has 0 N–H and O–H groups in total. The number of hydrogen-bond donors (Lipinski definition) is 0. The first-order chi connectivity index (χ1) is 8.11. The zero-order chi connectivity index (χ0) is 12.4. The third-order valence-corrected chi connectivity index (χ3v) is 3.46. The fourth-order valence-electron chi connectivity index (χ4n) is 1.50. The number of benzene rings is 1. The van der Waals surface area contributed by atoms with E-state index in [-0.39, 0.29) is 5.78 Å². The molecule has 0 spiro atoms. The number of hydrogen-bond acceptors (Lipinski definition) is 3. The zero-order valence-electron chi connectivity index (χ0n) is 9.07. The molecule has 4 heteroatoms. The van der Waals surface area contributed by atoms with Crippen LogP contribution < -0.4 is 0 Å². The minimum absolute atomic E-state index is 0.259. The van der Waals surface area contributed by atoms with E-state index in [9.17, 15) is 14.0 Å². The van der Waals surface area contributed by atoms with Gasteiger partial charge in [-0.05, 0) is 25.1 Å². The van der Waals surface area contributed by atoms with E-state index in [1.807, 2.05) is 0 Å². The number of carbonyl (C=O) groups is 2. The molecule has 0 atom stereocenters. The SMILES string of the molecule is Cc1sc(C(=O)c2cccc(F)c2)cc1C=O. The number of thiophene rings is 1. The van der Waals surface area contributed by atoms with Crippen molar-refractivity contribution < 1.29 is 14.0 Å².